The highest BCUT2D eigenvalue weighted by atomic mass is 16.2. The fourth-order valence-electron chi connectivity index (χ4n) is 4.71. The van der Waals surface area contributed by atoms with Crippen molar-refractivity contribution in [1.82, 2.24) is 4.98 Å². The van der Waals surface area contributed by atoms with Crippen molar-refractivity contribution >= 4 is 28.3 Å². The third-order valence-electron chi connectivity index (χ3n) is 6.31. The Morgan fingerprint density at radius 1 is 1.04 bits per heavy atom. The molecule has 1 amide bonds. The number of amides is 1. The summed E-state index contributed by atoms with van der Waals surface area (Å²) in [5.41, 5.74) is 5.41. The summed E-state index contributed by atoms with van der Waals surface area (Å²) < 4.78 is 0. The Kier molecular flexibility index (Phi) is 3.73. The Hall–Kier alpha value is -2.88. The third kappa shape index (κ3) is 2.44. The molecule has 1 N–H and O–H groups in total. The van der Waals surface area contributed by atoms with Gasteiger partial charge in [-0.25, -0.2) is 0 Å². The molecule has 0 atom stereocenters. The van der Waals surface area contributed by atoms with E-state index in [1.54, 1.807) is 0 Å². The van der Waals surface area contributed by atoms with Gasteiger partial charge >= 0.3 is 0 Å². The predicted octanol–water partition coefficient (Wildman–Crippen LogP) is 4.90. The number of aryl methyl sites for hydroxylation is 1. The van der Waals surface area contributed by atoms with Crippen LogP contribution in [-0.4, -0.2) is 16.7 Å². The first-order chi connectivity index (χ1) is 13.5. The predicted molar refractivity (Wildman–Crippen MR) is 111 cm³/mol. The summed E-state index contributed by atoms with van der Waals surface area (Å²) in [6.45, 7) is 4.54. The zero-order chi connectivity index (χ0) is 19.5. The highest BCUT2D eigenvalue weighted by molar-refractivity contribution is 6.11. The number of Topliss-reactive ketones (excluding diaryl/α,β-unsaturated/α-hetero) is 1. The van der Waals surface area contributed by atoms with Crippen molar-refractivity contribution in [2.45, 2.75) is 51.5 Å². The van der Waals surface area contributed by atoms with Crippen LogP contribution >= 0.6 is 0 Å². The lowest BCUT2D eigenvalue weighted by molar-refractivity contribution is -0.122. The zero-order valence-corrected chi connectivity index (χ0v) is 16.3. The minimum atomic E-state index is -0.579. The second kappa shape index (κ2) is 6.06. The van der Waals surface area contributed by atoms with Gasteiger partial charge in [0.1, 0.15) is 0 Å². The van der Waals surface area contributed by atoms with Gasteiger partial charge in [-0.05, 0) is 61.9 Å². The third-order valence-corrected chi connectivity index (χ3v) is 6.31. The van der Waals surface area contributed by atoms with Crippen LogP contribution in [0.5, 0.6) is 0 Å². The van der Waals surface area contributed by atoms with Gasteiger partial charge in [-0.3, -0.25) is 9.59 Å². The molecule has 2 aliphatic rings. The Balaban J connectivity index is 1.68. The van der Waals surface area contributed by atoms with Gasteiger partial charge in [-0.1, -0.05) is 30.3 Å². The molecule has 1 aliphatic heterocycles. The topological polar surface area (TPSA) is 53.2 Å². The molecule has 0 radical (unpaired) electrons. The van der Waals surface area contributed by atoms with E-state index in [2.05, 4.69) is 29.2 Å². The minimum absolute atomic E-state index is 0.126. The summed E-state index contributed by atoms with van der Waals surface area (Å²) in [7, 11) is 0. The Morgan fingerprint density at radius 3 is 2.57 bits per heavy atom. The highest BCUT2D eigenvalue weighted by Gasteiger charge is 2.44. The Labute approximate surface area is 164 Å². The summed E-state index contributed by atoms with van der Waals surface area (Å²) in [6.07, 6.45) is 3.50. The fourth-order valence-corrected chi connectivity index (χ4v) is 4.71. The molecule has 28 heavy (non-hydrogen) atoms. The van der Waals surface area contributed by atoms with Crippen LogP contribution in [0, 0.1) is 0 Å². The number of benzene rings is 2. The molecule has 142 valence electrons. The van der Waals surface area contributed by atoms with Crippen molar-refractivity contribution in [3.8, 4) is 0 Å². The van der Waals surface area contributed by atoms with Crippen LogP contribution in [-0.2, 0) is 23.2 Å². The van der Waals surface area contributed by atoms with Crippen molar-refractivity contribution in [3.05, 3.63) is 64.8 Å². The molecule has 1 aromatic heterocycles. The van der Waals surface area contributed by atoms with E-state index in [1.165, 1.54) is 0 Å². The van der Waals surface area contributed by atoms with E-state index in [9.17, 15) is 9.59 Å². The maximum Gasteiger partial charge on any atom is 0.237 e. The highest BCUT2D eigenvalue weighted by Crippen LogP contribution is 2.45. The SMILES string of the molecule is CC1(C)C(=O)N(Cc2ccccc2)c2cc3c4c([nH]c3cc21)C(=O)CCCC4. The number of nitrogens with one attached hydrogen (secondary N) is 1. The summed E-state index contributed by atoms with van der Waals surface area (Å²) in [5, 5.41) is 1.09. The molecule has 5 rings (SSSR count). The first-order valence-electron chi connectivity index (χ1n) is 10.0. The number of anilines is 1. The standard InChI is InChI=1S/C24H24N2O2/c1-24(2)18-13-19-17(16-10-6-7-11-21(27)22(16)25-19)12-20(18)26(23(24)28)14-15-8-4-3-5-9-15/h3-5,8-9,12-13,25H,6-7,10-11,14H2,1-2H3. The molecular weight excluding hydrogens is 348 g/mol. The molecule has 4 heteroatoms. The van der Waals surface area contributed by atoms with E-state index in [0.29, 0.717) is 13.0 Å². The molecule has 0 fully saturated rings. The number of rotatable bonds is 2. The first-order valence-corrected chi connectivity index (χ1v) is 10.0. The van der Waals surface area contributed by atoms with Crippen molar-refractivity contribution in [3.63, 3.8) is 0 Å². The van der Waals surface area contributed by atoms with Crippen LogP contribution in [0.4, 0.5) is 5.69 Å². The van der Waals surface area contributed by atoms with Crippen LogP contribution in [0.3, 0.4) is 0 Å². The van der Waals surface area contributed by atoms with Gasteiger partial charge in [-0.15, -0.1) is 0 Å². The maximum atomic E-state index is 13.2. The molecule has 0 saturated heterocycles. The fraction of sp³-hybridized carbons (Fsp3) is 0.333. The summed E-state index contributed by atoms with van der Waals surface area (Å²) >= 11 is 0. The second-order valence-corrected chi connectivity index (χ2v) is 8.53. The Morgan fingerprint density at radius 2 is 1.79 bits per heavy atom. The van der Waals surface area contributed by atoms with Crippen molar-refractivity contribution in [2.24, 2.45) is 0 Å². The number of aromatic nitrogens is 1. The number of fused-ring (bicyclic) bond motifs is 4. The van der Waals surface area contributed by atoms with Crippen molar-refractivity contribution in [2.75, 3.05) is 4.90 Å². The minimum Gasteiger partial charge on any atom is -0.352 e. The lowest BCUT2D eigenvalue weighted by atomic mass is 9.85. The lowest BCUT2D eigenvalue weighted by Crippen LogP contribution is -2.35. The number of carbonyl (C=O) groups excluding carboxylic acids is 2. The van der Waals surface area contributed by atoms with Crippen molar-refractivity contribution in [1.29, 1.82) is 0 Å². The second-order valence-electron chi connectivity index (χ2n) is 8.53. The zero-order valence-electron chi connectivity index (χ0n) is 16.3. The van der Waals surface area contributed by atoms with Gasteiger partial charge in [0.25, 0.3) is 0 Å². The quantitative estimate of drug-likeness (QED) is 0.651. The van der Waals surface area contributed by atoms with Gasteiger partial charge in [0, 0.05) is 23.0 Å². The molecule has 2 heterocycles. The number of ketones is 1. The smallest absolute Gasteiger partial charge is 0.237 e. The van der Waals surface area contributed by atoms with Gasteiger partial charge in [0.05, 0.1) is 17.7 Å². The van der Waals surface area contributed by atoms with Gasteiger partial charge in [-0.2, -0.15) is 0 Å². The molecule has 0 spiro atoms. The number of carbonyl (C=O) groups is 2. The number of nitrogens with zero attached hydrogens (tertiary/aromatic N) is 1. The lowest BCUT2D eigenvalue weighted by Gasteiger charge is -2.20. The molecule has 0 bridgehead atoms. The average molecular weight is 372 g/mol. The molecule has 0 unspecified atom stereocenters. The van der Waals surface area contributed by atoms with Gasteiger partial charge in [0.15, 0.2) is 5.78 Å². The van der Waals surface area contributed by atoms with Crippen LogP contribution in [0.1, 0.15) is 60.3 Å². The molecule has 1 aliphatic carbocycles. The van der Waals surface area contributed by atoms with E-state index in [1.807, 2.05) is 36.9 Å². The van der Waals surface area contributed by atoms with Gasteiger partial charge < -0.3 is 9.88 Å². The number of aromatic amines is 1. The summed E-state index contributed by atoms with van der Waals surface area (Å²) in [5.74, 6) is 0.335. The van der Waals surface area contributed by atoms with E-state index in [4.69, 9.17) is 0 Å². The molecule has 3 aromatic rings. The molecule has 2 aromatic carbocycles. The van der Waals surface area contributed by atoms with Crippen molar-refractivity contribution < 1.29 is 9.59 Å². The molecular formula is C24H24N2O2. The summed E-state index contributed by atoms with van der Waals surface area (Å²) in [6, 6.07) is 14.3. The van der Waals surface area contributed by atoms with Crippen LogP contribution in [0.15, 0.2) is 42.5 Å². The van der Waals surface area contributed by atoms with E-state index < -0.39 is 5.41 Å². The van der Waals surface area contributed by atoms with E-state index in [-0.39, 0.29) is 11.7 Å². The number of hydrogen-bond acceptors (Lipinski definition) is 2. The Bertz CT molecular complexity index is 1110. The first kappa shape index (κ1) is 17.2. The average Bonchev–Trinajstić information content (AvgIpc) is 3.05. The van der Waals surface area contributed by atoms with Crippen LogP contribution in [0.2, 0.25) is 0 Å². The van der Waals surface area contributed by atoms with Gasteiger partial charge in [0.2, 0.25) is 5.91 Å². The largest absolute Gasteiger partial charge is 0.352 e. The maximum absolute atomic E-state index is 13.2. The molecule has 4 nitrogen and oxygen atoms in total. The van der Waals surface area contributed by atoms with E-state index in [0.717, 1.165) is 58.2 Å². The monoisotopic (exact) mass is 372 g/mol. The molecule has 0 saturated carbocycles. The van der Waals surface area contributed by atoms with Crippen LogP contribution < -0.4 is 4.90 Å². The number of H-pyrrole nitrogens is 1. The number of hydrogen-bond donors (Lipinski definition) is 1. The normalized spacial score (nSPS) is 18.3. The van der Waals surface area contributed by atoms with E-state index >= 15 is 0 Å². The summed E-state index contributed by atoms with van der Waals surface area (Å²) in [4.78, 5) is 31.0. The van der Waals surface area contributed by atoms with Crippen LogP contribution in [0.25, 0.3) is 10.9 Å².